The predicted molar refractivity (Wildman–Crippen MR) is 94.2 cm³/mol. The van der Waals surface area contributed by atoms with E-state index in [-0.39, 0.29) is 17.9 Å². The van der Waals surface area contributed by atoms with Gasteiger partial charge in [0.05, 0.1) is 25.0 Å². The van der Waals surface area contributed by atoms with Crippen molar-refractivity contribution in [3.63, 3.8) is 0 Å². The Labute approximate surface area is 156 Å². The first-order valence-electron chi connectivity index (χ1n) is 8.59. The van der Waals surface area contributed by atoms with Crippen LogP contribution in [0.15, 0.2) is 24.3 Å². The van der Waals surface area contributed by atoms with E-state index in [0.717, 1.165) is 4.90 Å². The molecular weight excluding hydrogens is 354 g/mol. The van der Waals surface area contributed by atoms with Gasteiger partial charge in [0.25, 0.3) is 0 Å². The number of methoxy groups -OCH3 is 1. The summed E-state index contributed by atoms with van der Waals surface area (Å²) in [6, 6.07) is 5.31. The molecule has 27 heavy (non-hydrogen) atoms. The van der Waals surface area contributed by atoms with Crippen molar-refractivity contribution < 1.29 is 28.7 Å². The molecule has 5 amide bonds. The Bertz CT molecular complexity index is 768. The molecule has 1 aromatic carbocycles. The maximum absolute atomic E-state index is 12.6. The Hall–Kier alpha value is -2.94. The Kier molecular flexibility index (Phi) is 5.13. The first-order valence-corrected chi connectivity index (χ1v) is 8.59. The van der Waals surface area contributed by atoms with E-state index >= 15 is 0 Å². The molecule has 0 radical (unpaired) electrons. The molecule has 144 valence electrons. The number of hydrogen-bond donors (Lipinski definition) is 0. The lowest BCUT2D eigenvalue weighted by atomic mass is 10.2. The van der Waals surface area contributed by atoms with Crippen molar-refractivity contribution in [3.8, 4) is 5.75 Å². The molecule has 2 aliphatic rings. The maximum Gasteiger partial charge on any atom is 0.339 e. The van der Waals surface area contributed by atoms with Crippen molar-refractivity contribution in [1.82, 2.24) is 9.80 Å². The Morgan fingerprint density at radius 2 is 1.67 bits per heavy atom. The summed E-state index contributed by atoms with van der Waals surface area (Å²) in [4.78, 5) is 52.7. The second-order valence-electron chi connectivity index (χ2n) is 6.57. The molecule has 0 aliphatic carbocycles. The van der Waals surface area contributed by atoms with Crippen LogP contribution in [0.2, 0.25) is 0 Å². The third kappa shape index (κ3) is 3.63. The van der Waals surface area contributed by atoms with Crippen LogP contribution < -0.4 is 9.64 Å². The van der Waals surface area contributed by atoms with Crippen LogP contribution in [0.4, 0.5) is 10.5 Å². The summed E-state index contributed by atoms with van der Waals surface area (Å²) in [6.45, 7) is 3.95. The van der Waals surface area contributed by atoms with Crippen LogP contribution >= 0.6 is 0 Å². The Balaban J connectivity index is 1.74. The zero-order valence-electron chi connectivity index (χ0n) is 15.4. The normalized spacial score (nSPS) is 23.2. The number of carbonyl (C=O) groups is 4. The van der Waals surface area contributed by atoms with Crippen LogP contribution in [0.5, 0.6) is 5.75 Å². The first-order chi connectivity index (χ1) is 12.8. The van der Waals surface area contributed by atoms with Gasteiger partial charge in [-0.1, -0.05) is 0 Å². The van der Waals surface area contributed by atoms with Gasteiger partial charge in [-0.2, -0.15) is 0 Å². The topological polar surface area (TPSA) is 96.5 Å². The lowest BCUT2D eigenvalue weighted by Gasteiger charge is -2.35. The van der Waals surface area contributed by atoms with Gasteiger partial charge in [-0.3, -0.25) is 14.4 Å². The number of hydrogen-bond acceptors (Lipinski definition) is 6. The van der Waals surface area contributed by atoms with Crippen LogP contribution in [0, 0.1) is 0 Å². The smallest absolute Gasteiger partial charge is 0.339 e. The first kappa shape index (κ1) is 18.8. The molecule has 9 nitrogen and oxygen atoms in total. The number of rotatable bonds is 4. The molecule has 0 unspecified atom stereocenters. The van der Waals surface area contributed by atoms with Crippen LogP contribution in [0.3, 0.4) is 0 Å². The number of imide groups is 2. The van der Waals surface area contributed by atoms with E-state index in [0.29, 0.717) is 23.7 Å². The van der Waals surface area contributed by atoms with Crippen LogP contribution in [0.1, 0.15) is 13.8 Å². The highest BCUT2D eigenvalue weighted by atomic mass is 16.5. The van der Waals surface area contributed by atoms with Crippen molar-refractivity contribution >= 4 is 29.4 Å². The van der Waals surface area contributed by atoms with Crippen LogP contribution in [0.25, 0.3) is 0 Å². The van der Waals surface area contributed by atoms with Crippen molar-refractivity contribution in [3.05, 3.63) is 24.3 Å². The molecule has 2 fully saturated rings. The second kappa shape index (κ2) is 7.36. The highest BCUT2D eigenvalue weighted by molar-refractivity contribution is 6.53. The highest BCUT2D eigenvalue weighted by Crippen LogP contribution is 2.25. The average Bonchev–Trinajstić information content (AvgIpc) is 2.84. The number of nitrogens with zero attached hydrogens (tertiary/aromatic N) is 3. The zero-order valence-corrected chi connectivity index (χ0v) is 15.4. The number of urea groups is 1. The molecule has 3 rings (SSSR count). The third-order valence-electron chi connectivity index (χ3n) is 4.45. The number of ether oxygens (including phenoxy) is 2. The average molecular weight is 375 g/mol. The van der Waals surface area contributed by atoms with Crippen molar-refractivity contribution in [2.45, 2.75) is 26.1 Å². The monoisotopic (exact) mass is 375 g/mol. The van der Waals surface area contributed by atoms with Gasteiger partial charge in [0.15, 0.2) is 0 Å². The predicted octanol–water partition coefficient (Wildman–Crippen LogP) is 0.626. The molecule has 2 atom stereocenters. The van der Waals surface area contributed by atoms with Gasteiger partial charge < -0.3 is 14.4 Å². The molecule has 0 saturated carbocycles. The van der Waals surface area contributed by atoms with Gasteiger partial charge >= 0.3 is 17.8 Å². The lowest BCUT2D eigenvalue weighted by Crippen LogP contribution is -2.51. The van der Waals surface area contributed by atoms with Gasteiger partial charge in [-0.05, 0) is 38.1 Å². The maximum atomic E-state index is 12.6. The molecular formula is C18H21N3O6. The fraction of sp³-hybridized carbons (Fsp3) is 0.444. The number of morpholine rings is 1. The summed E-state index contributed by atoms with van der Waals surface area (Å²) in [5, 5.41) is 0. The summed E-state index contributed by atoms with van der Waals surface area (Å²) >= 11 is 0. The van der Waals surface area contributed by atoms with Gasteiger partial charge in [-0.25, -0.2) is 14.6 Å². The van der Waals surface area contributed by atoms with E-state index in [9.17, 15) is 19.2 Å². The minimum atomic E-state index is -1.02. The van der Waals surface area contributed by atoms with E-state index < -0.39 is 30.3 Å². The lowest BCUT2D eigenvalue weighted by molar-refractivity contribution is -0.147. The molecule has 2 heterocycles. The Morgan fingerprint density at radius 3 is 2.22 bits per heavy atom. The van der Waals surface area contributed by atoms with E-state index in [1.165, 1.54) is 19.2 Å². The quantitative estimate of drug-likeness (QED) is 0.566. The van der Waals surface area contributed by atoms with Gasteiger partial charge in [-0.15, -0.1) is 0 Å². The SMILES string of the molecule is COc1ccc(N2C(=O)C(=O)N(CC(=O)N3C[C@@H](C)O[C@@H](C)C3)C2=O)cc1. The number of amides is 5. The van der Waals surface area contributed by atoms with Crippen LogP contribution in [-0.2, 0) is 19.1 Å². The standard InChI is InChI=1S/C18H21N3O6/c1-11-8-19(9-12(2)27-11)15(22)10-20-16(23)17(24)21(18(20)25)13-4-6-14(26-3)7-5-13/h4-7,11-12H,8-10H2,1-3H3/t11-,12+. The second-order valence-corrected chi connectivity index (χ2v) is 6.57. The highest BCUT2D eigenvalue weighted by Gasteiger charge is 2.46. The van der Waals surface area contributed by atoms with Crippen molar-refractivity contribution in [2.75, 3.05) is 31.6 Å². The van der Waals surface area contributed by atoms with Gasteiger partial charge in [0, 0.05) is 13.1 Å². The molecule has 9 heteroatoms. The molecule has 2 saturated heterocycles. The minimum Gasteiger partial charge on any atom is -0.497 e. The van der Waals surface area contributed by atoms with E-state index in [2.05, 4.69) is 0 Å². The summed E-state index contributed by atoms with van der Waals surface area (Å²) in [7, 11) is 1.49. The molecule has 2 aliphatic heterocycles. The third-order valence-corrected chi connectivity index (χ3v) is 4.45. The number of benzene rings is 1. The summed E-state index contributed by atoms with van der Waals surface area (Å²) < 4.78 is 10.6. The van der Waals surface area contributed by atoms with E-state index in [1.54, 1.807) is 17.0 Å². The van der Waals surface area contributed by atoms with E-state index in [1.807, 2.05) is 13.8 Å². The zero-order chi connectivity index (χ0) is 19.7. The van der Waals surface area contributed by atoms with E-state index in [4.69, 9.17) is 9.47 Å². The Morgan fingerprint density at radius 1 is 1.07 bits per heavy atom. The number of anilines is 1. The molecule has 0 bridgehead atoms. The fourth-order valence-electron chi connectivity index (χ4n) is 3.22. The molecule has 0 aromatic heterocycles. The van der Waals surface area contributed by atoms with Gasteiger partial charge in [0.2, 0.25) is 5.91 Å². The van der Waals surface area contributed by atoms with Gasteiger partial charge in [0.1, 0.15) is 12.3 Å². The minimum absolute atomic E-state index is 0.139. The summed E-state index contributed by atoms with van der Waals surface area (Å²) in [6.07, 6.45) is -0.278. The van der Waals surface area contributed by atoms with Crippen LogP contribution in [-0.4, -0.2) is 72.5 Å². The fourth-order valence-corrected chi connectivity index (χ4v) is 3.22. The molecule has 1 aromatic rings. The van der Waals surface area contributed by atoms with Crippen molar-refractivity contribution in [1.29, 1.82) is 0 Å². The summed E-state index contributed by atoms with van der Waals surface area (Å²) in [5.41, 5.74) is 0.239. The largest absolute Gasteiger partial charge is 0.497 e. The number of carbonyl (C=O) groups excluding carboxylic acids is 4. The summed E-state index contributed by atoms with van der Waals surface area (Å²) in [5.74, 6) is -1.85. The molecule has 0 spiro atoms. The molecule has 0 N–H and O–H groups in total. The van der Waals surface area contributed by atoms with Crippen molar-refractivity contribution in [2.24, 2.45) is 0 Å².